The summed E-state index contributed by atoms with van der Waals surface area (Å²) in [6, 6.07) is 45.4. The number of rotatable bonds is 23. The second kappa shape index (κ2) is 47.5. The lowest BCUT2D eigenvalue weighted by Crippen LogP contribution is -2.33. The number of carboxylic acids is 1. The molecule has 37 heteroatoms. The van der Waals surface area contributed by atoms with E-state index in [2.05, 4.69) is 39.5 Å². The molecule has 0 spiro atoms. The molecule has 0 radical (unpaired) electrons. The first kappa shape index (κ1) is 97.5. The summed E-state index contributed by atoms with van der Waals surface area (Å²) in [6.07, 6.45) is 10.6. The number of ether oxygens (including phenoxy) is 6. The van der Waals surface area contributed by atoms with Crippen molar-refractivity contribution in [3.05, 3.63) is 241 Å². The Morgan fingerprint density at radius 2 is 0.807 bits per heavy atom. The highest BCUT2D eigenvalue weighted by atomic mass is 32.2. The van der Waals surface area contributed by atoms with E-state index in [1.165, 1.54) is 91.8 Å². The molecule has 6 unspecified atom stereocenters. The first-order valence-corrected chi connectivity index (χ1v) is 43.3. The van der Waals surface area contributed by atoms with Crippen LogP contribution in [0.25, 0.3) is 22.5 Å². The Labute approximate surface area is 701 Å². The number of hydrogen-bond acceptors (Lipinski definition) is 30. The number of thioether (sulfide) groups is 1. The monoisotopic (exact) mass is 1740 g/mol. The van der Waals surface area contributed by atoms with E-state index in [-0.39, 0.29) is 130 Å². The van der Waals surface area contributed by atoms with Gasteiger partial charge in [0.15, 0.2) is 52.6 Å². The van der Waals surface area contributed by atoms with Crippen molar-refractivity contribution >= 4 is 100 Å². The average Bonchev–Trinajstić information content (AvgIpc) is 0.825. The Kier molecular flexibility index (Phi) is 38.9. The van der Waals surface area contributed by atoms with Gasteiger partial charge in [0.2, 0.25) is 0 Å². The number of aromatic carboxylic acids is 1. The zero-order chi connectivity index (χ0) is 84.8. The van der Waals surface area contributed by atoms with E-state index < -0.39 is 45.3 Å². The summed E-state index contributed by atoms with van der Waals surface area (Å²) in [5, 5.41) is 48.1. The van der Waals surface area contributed by atoms with Crippen LogP contribution in [0, 0.1) is 44.2 Å². The van der Waals surface area contributed by atoms with Gasteiger partial charge in [0, 0.05) is 115 Å². The van der Waals surface area contributed by atoms with Crippen LogP contribution in [0.5, 0.6) is 0 Å². The van der Waals surface area contributed by atoms with Crippen molar-refractivity contribution in [3.8, 4) is 22.5 Å². The summed E-state index contributed by atoms with van der Waals surface area (Å²) in [5.41, 5.74) is 23.0. The third kappa shape index (κ3) is 31.4. The number of sulfone groups is 3. The predicted octanol–water partition coefficient (Wildman–Crippen LogP) is 13.3. The molecule has 6 aliphatic heterocycles. The largest absolute Gasteiger partial charge is 0.476 e. The lowest BCUT2D eigenvalue weighted by atomic mass is 10.1. The van der Waals surface area contributed by atoms with Gasteiger partial charge in [-0.1, -0.05) is 93.6 Å². The van der Waals surface area contributed by atoms with E-state index in [1.807, 2.05) is 62.4 Å². The van der Waals surface area contributed by atoms with Crippen LogP contribution in [0.3, 0.4) is 0 Å². The summed E-state index contributed by atoms with van der Waals surface area (Å²) in [6.45, 7) is 10.9. The number of benzene rings is 7. The molecule has 32 nitrogen and oxygen atoms in total. The molecular weight excluding hydrogens is 1640 g/mol. The van der Waals surface area contributed by atoms with Crippen LogP contribution >= 0.6 is 24.4 Å². The van der Waals surface area contributed by atoms with E-state index in [1.54, 1.807) is 66.5 Å². The number of nitro groups is 3. The second-order valence-electron chi connectivity index (χ2n) is 27.0. The summed E-state index contributed by atoms with van der Waals surface area (Å²) >= 11 is 5.65. The van der Waals surface area contributed by atoms with Crippen molar-refractivity contribution < 1.29 is 88.2 Å². The molecule has 8 heterocycles. The molecule has 15 rings (SSSR count). The number of nitrogen functional groups attached to an aromatic ring is 3. The van der Waals surface area contributed by atoms with Gasteiger partial charge in [0.05, 0.1) is 114 Å². The number of hydrogen-bond donors (Lipinski definition) is 6. The Morgan fingerprint density at radius 1 is 0.479 bits per heavy atom. The normalized spacial score (nSPS) is 17.6. The minimum absolute atomic E-state index is 0. The van der Waals surface area contributed by atoms with Gasteiger partial charge in [-0.05, 0) is 137 Å². The molecule has 6 aliphatic rings. The SMILES string of the molecule is C.C.CCC1CCO1.Cc1ccc(-c2cnc(N)c(C(=O)Cc3ccc(S(=O)(=O)CC4CCO4)cc3)n2)cc1.Cc1ccc(-c2cnc(N)c(C(=O)O)n2)cc1.Nc1ccc(S(=O)(=O)CC2CCO2)cc1.O=[N+]([O-])c1ccc(S(=O)(=O)CC2CCO2)cc1.O=[N+]([O-])c1ccc(S)cc1.O=[N+]([O-])c1ccc(SCC2CCO2)cc1.OCC1CCO1. The van der Waals surface area contributed by atoms with E-state index in [4.69, 9.17) is 55.8 Å². The van der Waals surface area contributed by atoms with E-state index in [9.17, 15) is 65.2 Å². The first-order valence-electron chi connectivity index (χ1n) is 36.9. The quantitative estimate of drug-likeness (QED) is 0.00865. The lowest BCUT2D eigenvalue weighted by molar-refractivity contribution is -0.385. The lowest BCUT2D eigenvalue weighted by Gasteiger charge is -2.25. The van der Waals surface area contributed by atoms with Gasteiger partial charge in [-0.15, -0.1) is 24.4 Å². The van der Waals surface area contributed by atoms with Crippen LogP contribution in [-0.2, 0) is 64.4 Å². The first-order chi connectivity index (χ1) is 55.8. The van der Waals surface area contributed by atoms with Gasteiger partial charge in [-0.2, -0.15) is 0 Å². The summed E-state index contributed by atoms with van der Waals surface area (Å²) in [7, 11) is -10.0. The zero-order valence-electron chi connectivity index (χ0n) is 64.2. The highest BCUT2D eigenvalue weighted by Gasteiger charge is 2.30. The van der Waals surface area contributed by atoms with E-state index >= 15 is 0 Å². The fourth-order valence-corrected chi connectivity index (χ4v) is 16.2. The molecule has 0 saturated carbocycles. The highest BCUT2D eigenvalue weighted by molar-refractivity contribution is 7.99. The third-order valence-corrected chi connectivity index (χ3v) is 25.1. The number of ketones is 1. The van der Waals surface area contributed by atoms with E-state index in [0.717, 1.165) is 89.7 Å². The standard InChI is InChI=1S/C23H23N3O4S.C12H11N3O2.C10H11NO5S.C10H13NO3S.C10H11NO3S.C6H5NO2S.C5H10O.C4H8O2.2CH4/c1-15-2-6-17(7-3-15)20-13-25-23(24)22(26-20)21(27)12-16-4-8-19(9-5-16)31(28,29)14-18-10-11-30-18;1-7-2-4-8(5-3-7)9-6-14-11(13)10(15-9)12(16)17;12-11(13)8-1-3-10(4-2-8)17(14,15)7-9-5-6-16-9;11-8-1-3-10(4-2-8)15(12,13)7-9-5-6-14-9;12-11(13)8-1-3-10(4-2-8)15-7-9-5-6-14-9;8-7(9)5-1-3-6(10)4-2-5;1-2-5-3-4-6-5;5-3-4-1-2-6-4;;/h2-9,13,18H,10-12,14H2,1H3,(H2,24,25);2-6H,1H3,(H2,13,14)(H,16,17);1-4,9H,5-7H2;1-4,9H,5-7,11H2;1-4,9H,5-7H2;1-4,10H;5H,2-4H2,1H3;4-5H,1-3H2;2*1H4. The van der Waals surface area contributed by atoms with Crippen molar-refractivity contribution in [2.75, 3.05) is 86.5 Å². The molecular formula is C82H100N10O22S5. The Balaban J connectivity index is 0.000000221. The van der Waals surface area contributed by atoms with Crippen LogP contribution in [0.2, 0.25) is 0 Å². The van der Waals surface area contributed by atoms with Crippen LogP contribution in [0.1, 0.15) is 104 Å². The van der Waals surface area contributed by atoms with Gasteiger partial charge in [-0.3, -0.25) is 35.1 Å². The molecule has 6 atom stereocenters. The summed E-state index contributed by atoms with van der Waals surface area (Å²) < 4.78 is 103. The number of aliphatic hydroxyl groups excluding tert-OH is 1. The molecule has 8 N–H and O–H groups in total. The Morgan fingerprint density at radius 3 is 1.12 bits per heavy atom. The molecule has 7 aromatic carbocycles. The Bertz CT molecular complexity index is 5090. The fraction of sp³-hybridized carbons (Fsp3) is 0.366. The molecule has 9 aromatic rings. The molecule has 0 amide bonds. The maximum absolute atomic E-state index is 12.8. The number of carbonyl (C=O) groups is 2. The Hall–Kier alpha value is -10.3. The fourth-order valence-electron chi connectivity index (χ4n) is 10.6. The van der Waals surface area contributed by atoms with Gasteiger partial charge in [0.25, 0.3) is 17.1 Å². The van der Waals surface area contributed by atoms with Crippen molar-refractivity contribution in [2.45, 2.75) is 148 Å². The van der Waals surface area contributed by atoms with Crippen molar-refractivity contribution in [2.24, 2.45) is 0 Å². The van der Waals surface area contributed by atoms with Crippen LogP contribution in [0.15, 0.2) is 207 Å². The predicted molar refractivity (Wildman–Crippen MR) is 456 cm³/mol. The number of anilines is 3. The number of thiol groups is 1. The number of non-ortho nitro benzene ring substituents is 3. The number of aliphatic hydroxyl groups is 1. The summed E-state index contributed by atoms with van der Waals surface area (Å²) in [4.78, 5) is 72.0. The third-order valence-electron chi connectivity index (χ3n) is 18.2. The highest BCUT2D eigenvalue weighted by Crippen LogP contribution is 2.29. The van der Waals surface area contributed by atoms with Crippen molar-refractivity contribution in [3.63, 3.8) is 0 Å². The number of Topliss-reactive ketones (excluding diaryl/α,β-unsaturated/α-hetero) is 1. The molecule has 2 aromatic heterocycles. The number of aromatic nitrogens is 4. The maximum Gasteiger partial charge on any atom is 0.358 e. The van der Waals surface area contributed by atoms with E-state index in [0.29, 0.717) is 59.6 Å². The minimum atomic E-state index is -3.42. The minimum Gasteiger partial charge on any atom is -0.476 e. The number of nitro benzene ring substituents is 3. The number of nitrogens with two attached hydrogens (primary N) is 3. The molecule has 6 fully saturated rings. The number of carbonyl (C=O) groups excluding carboxylic acids is 1. The number of carboxylic acid groups (broad SMARTS) is 1. The van der Waals surface area contributed by atoms with Crippen LogP contribution in [-0.4, -0.2) is 188 Å². The smallest absolute Gasteiger partial charge is 0.358 e. The molecule has 0 bridgehead atoms. The molecule has 640 valence electrons. The maximum atomic E-state index is 12.8. The molecule has 119 heavy (non-hydrogen) atoms. The molecule has 6 saturated heterocycles. The van der Waals surface area contributed by atoms with Crippen LogP contribution < -0.4 is 17.2 Å². The number of aryl methyl sites for hydroxylation is 2. The number of nitrogens with zero attached hydrogens (tertiary/aromatic N) is 7. The molecule has 0 aliphatic carbocycles. The van der Waals surface area contributed by atoms with Crippen molar-refractivity contribution in [1.29, 1.82) is 0 Å². The van der Waals surface area contributed by atoms with Gasteiger partial charge >= 0.3 is 5.97 Å². The second-order valence-corrected chi connectivity index (χ2v) is 34.8. The van der Waals surface area contributed by atoms with Gasteiger partial charge in [0.1, 0.15) is 5.69 Å². The zero-order valence-corrected chi connectivity index (χ0v) is 68.4. The van der Waals surface area contributed by atoms with Crippen molar-refractivity contribution in [1.82, 2.24) is 19.9 Å². The van der Waals surface area contributed by atoms with Crippen LogP contribution in [0.4, 0.5) is 34.4 Å². The summed E-state index contributed by atoms with van der Waals surface area (Å²) in [5.74, 6) is -0.557. The van der Waals surface area contributed by atoms with Gasteiger partial charge < -0.3 is 55.8 Å². The van der Waals surface area contributed by atoms with Gasteiger partial charge in [-0.25, -0.2) is 50.0 Å². The topological polar surface area (TPSA) is 491 Å². The average molecular weight is 1740 g/mol.